The van der Waals surface area contributed by atoms with Crippen molar-refractivity contribution in [3.8, 4) is 5.75 Å². The Kier molecular flexibility index (Phi) is 5.00. The van der Waals surface area contributed by atoms with Gasteiger partial charge in [-0.25, -0.2) is 0 Å². The minimum absolute atomic E-state index is 0.00504. The zero-order valence-electron chi connectivity index (χ0n) is 11.3. The number of nitrogens with zero attached hydrogens (tertiary/aromatic N) is 2. The minimum Gasteiger partial charge on any atom is -0.492 e. The lowest BCUT2D eigenvalue weighted by molar-refractivity contribution is -0.150. The van der Waals surface area contributed by atoms with Gasteiger partial charge in [0.05, 0.1) is 19.6 Å². The number of piperazine rings is 1. The number of hydrogen-bond acceptors (Lipinski definition) is 3. The summed E-state index contributed by atoms with van der Waals surface area (Å²) in [5.74, 6) is 0.712. The largest absolute Gasteiger partial charge is 0.492 e. The highest BCUT2D eigenvalue weighted by Gasteiger charge is 2.28. The molecule has 0 bridgehead atoms. The van der Waals surface area contributed by atoms with E-state index < -0.39 is 0 Å². The lowest BCUT2D eigenvalue weighted by Crippen LogP contribution is -2.54. The molecule has 20 heavy (non-hydrogen) atoms. The normalized spacial score (nSPS) is 15.7. The summed E-state index contributed by atoms with van der Waals surface area (Å²) in [6, 6.07) is 7.52. The first-order valence-corrected chi connectivity index (χ1v) is 7.33. The Bertz CT molecular complexity index is 507. The molecule has 1 aliphatic heterocycles. The fraction of sp³-hybridized carbons (Fsp3) is 0.429. The molecule has 0 N–H and O–H groups in total. The molecule has 1 heterocycles. The molecule has 0 aliphatic carbocycles. The van der Waals surface area contributed by atoms with Gasteiger partial charge in [-0.1, -0.05) is 22.0 Å². The highest BCUT2D eigenvalue weighted by Crippen LogP contribution is 2.17. The third-order valence-electron chi connectivity index (χ3n) is 3.17. The fourth-order valence-corrected chi connectivity index (χ4v) is 2.40. The van der Waals surface area contributed by atoms with Gasteiger partial charge in [-0.2, -0.15) is 0 Å². The number of ether oxygens (including phenoxy) is 1. The maximum absolute atomic E-state index is 11.9. The van der Waals surface area contributed by atoms with Crippen LogP contribution >= 0.6 is 15.9 Å². The number of carbonyl (C=O) groups excluding carboxylic acids is 2. The quantitative estimate of drug-likeness (QED) is 0.816. The molecule has 2 rings (SSSR count). The van der Waals surface area contributed by atoms with Crippen LogP contribution in [0.2, 0.25) is 0 Å². The van der Waals surface area contributed by atoms with Gasteiger partial charge < -0.3 is 14.5 Å². The van der Waals surface area contributed by atoms with Crippen molar-refractivity contribution in [1.29, 1.82) is 0 Å². The standard InChI is InChI=1S/C14H17BrN2O3/c1-2-16-9-14(19)17(10-13(16)18)6-7-20-12-5-3-4-11(15)8-12/h3-5,8H,2,6-7,9-10H2,1H3. The van der Waals surface area contributed by atoms with E-state index in [0.29, 0.717) is 19.7 Å². The Hall–Kier alpha value is -1.56. The van der Waals surface area contributed by atoms with E-state index in [0.717, 1.165) is 10.2 Å². The summed E-state index contributed by atoms with van der Waals surface area (Å²) >= 11 is 3.37. The average Bonchev–Trinajstić information content (AvgIpc) is 2.42. The summed E-state index contributed by atoms with van der Waals surface area (Å²) in [4.78, 5) is 26.7. The molecule has 6 heteroatoms. The van der Waals surface area contributed by atoms with Crippen molar-refractivity contribution in [3.05, 3.63) is 28.7 Å². The summed E-state index contributed by atoms with van der Waals surface area (Å²) in [6.07, 6.45) is 0. The zero-order valence-corrected chi connectivity index (χ0v) is 12.9. The van der Waals surface area contributed by atoms with Crippen molar-refractivity contribution in [1.82, 2.24) is 9.80 Å². The number of rotatable bonds is 5. The van der Waals surface area contributed by atoms with E-state index in [-0.39, 0.29) is 24.9 Å². The Balaban J connectivity index is 1.82. The second-order valence-corrected chi connectivity index (χ2v) is 5.44. The summed E-state index contributed by atoms with van der Waals surface area (Å²) < 4.78 is 6.52. The first-order valence-electron chi connectivity index (χ1n) is 6.54. The summed E-state index contributed by atoms with van der Waals surface area (Å²) in [6.45, 7) is 3.57. The van der Waals surface area contributed by atoms with Crippen LogP contribution in [0, 0.1) is 0 Å². The van der Waals surface area contributed by atoms with Crippen LogP contribution in [0.4, 0.5) is 0 Å². The van der Waals surface area contributed by atoms with Gasteiger partial charge in [-0.3, -0.25) is 9.59 Å². The van der Waals surface area contributed by atoms with Gasteiger partial charge in [-0.15, -0.1) is 0 Å². The lowest BCUT2D eigenvalue weighted by atomic mass is 10.3. The summed E-state index contributed by atoms with van der Waals surface area (Å²) in [5.41, 5.74) is 0. The third-order valence-corrected chi connectivity index (χ3v) is 3.66. The molecule has 1 aliphatic rings. The van der Waals surface area contributed by atoms with E-state index in [1.807, 2.05) is 31.2 Å². The average molecular weight is 341 g/mol. The molecule has 0 unspecified atom stereocenters. The van der Waals surface area contributed by atoms with Gasteiger partial charge in [0.2, 0.25) is 11.8 Å². The van der Waals surface area contributed by atoms with Gasteiger partial charge in [-0.05, 0) is 25.1 Å². The van der Waals surface area contributed by atoms with E-state index in [2.05, 4.69) is 15.9 Å². The van der Waals surface area contributed by atoms with E-state index in [4.69, 9.17) is 4.74 Å². The molecule has 0 atom stereocenters. The molecule has 0 saturated carbocycles. The molecule has 1 saturated heterocycles. The van der Waals surface area contributed by atoms with Crippen molar-refractivity contribution >= 4 is 27.7 Å². The monoisotopic (exact) mass is 340 g/mol. The van der Waals surface area contributed by atoms with Crippen LogP contribution in [-0.2, 0) is 9.59 Å². The van der Waals surface area contributed by atoms with Crippen molar-refractivity contribution in [2.45, 2.75) is 6.92 Å². The smallest absolute Gasteiger partial charge is 0.242 e. The van der Waals surface area contributed by atoms with Crippen molar-refractivity contribution in [2.24, 2.45) is 0 Å². The molecule has 1 aromatic rings. The van der Waals surface area contributed by atoms with Crippen LogP contribution in [-0.4, -0.2) is 54.4 Å². The molecule has 1 aromatic carbocycles. The van der Waals surface area contributed by atoms with Crippen LogP contribution in [0.3, 0.4) is 0 Å². The first kappa shape index (κ1) is 14.8. The van der Waals surface area contributed by atoms with E-state index in [1.54, 1.807) is 9.80 Å². The maximum Gasteiger partial charge on any atom is 0.242 e. The van der Waals surface area contributed by atoms with Crippen LogP contribution in [0.1, 0.15) is 6.92 Å². The van der Waals surface area contributed by atoms with Crippen molar-refractivity contribution in [3.63, 3.8) is 0 Å². The van der Waals surface area contributed by atoms with Crippen LogP contribution < -0.4 is 4.74 Å². The number of likely N-dealkylation sites (N-methyl/N-ethyl adjacent to an activating group) is 1. The van der Waals surface area contributed by atoms with E-state index >= 15 is 0 Å². The molecular weight excluding hydrogens is 324 g/mol. The number of benzene rings is 1. The zero-order chi connectivity index (χ0) is 14.5. The molecular formula is C14H17BrN2O3. The number of halogens is 1. The second-order valence-electron chi connectivity index (χ2n) is 4.53. The van der Waals surface area contributed by atoms with Gasteiger partial charge >= 0.3 is 0 Å². The molecule has 0 aromatic heterocycles. The highest BCUT2D eigenvalue weighted by molar-refractivity contribution is 9.10. The van der Waals surface area contributed by atoms with Crippen molar-refractivity contribution in [2.75, 3.05) is 32.8 Å². The first-order chi connectivity index (χ1) is 9.60. The molecule has 1 fully saturated rings. The van der Waals surface area contributed by atoms with Gasteiger partial charge in [0, 0.05) is 11.0 Å². The summed E-state index contributed by atoms with van der Waals surface area (Å²) in [7, 11) is 0. The van der Waals surface area contributed by atoms with Crippen LogP contribution in [0.25, 0.3) is 0 Å². The Morgan fingerprint density at radius 1 is 1.20 bits per heavy atom. The van der Waals surface area contributed by atoms with Gasteiger partial charge in [0.15, 0.2) is 0 Å². The Morgan fingerprint density at radius 3 is 2.60 bits per heavy atom. The molecule has 2 amide bonds. The van der Waals surface area contributed by atoms with Crippen LogP contribution in [0.15, 0.2) is 28.7 Å². The predicted molar refractivity (Wildman–Crippen MR) is 78.5 cm³/mol. The van der Waals surface area contributed by atoms with E-state index in [1.165, 1.54) is 0 Å². The summed E-state index contributed by atoms with van der Waals surface area (Å²) in [5, 5.41) is 0. The SMILES string of the molecule is CCN1CC(=O)N(CCOc2cccc(Br)c2)CC1=O. The van der Waals surface area contributed by atoms with Crippen LogP contribution in [0.5, 0.6) is 5.75 Å². The third kappa shape index (κ3) is 3.72. The maximum atomic E-state index is 11.9. The lowest BCUT2D eigenvalue weighted by Gasteiger charge is -2.33. The number of carbonyl (C=O) groups is 2. The molecule has 108 valence electrons. The second kappa shape index (κ2) is 6.74. The number of hydrogen-bond donors (Lipinski definition) is 0. The topological polar surface area (TPSA) is 49.9 Å². The highest BCUT2D eigenvalue weighted by atomic mass is 79.9. The molecule has 0 spiro atoms. The van der Waals surface area contributed by atoms with Crippen molar-refractivity contribution < 1.29 is 14.3 Å². The number of amides is 2. The Morgan fingerprint density at radius 2 is 1.90 bits per heavy atom. The van der Waals surface area contributed by atoms with Gasteiger partial charge in [0.1, 0.15) is 12.4 Å². The predicted octanol–water partition coefficient (Wildman–Crippen LogP) is 1.52. The van der Waals surface area contributed by atoms with Gasteiger partial charge in [0.25, 0.3) is 0 Å². The molecule has 0 radical (unpaired) electrons. The minimum atomic E-state index is -0.0238. The Labute approximate surface area is 126 Å². The fourth-order valence-electron chi connectivity index (χ4n) is 2.03. The molecule has 5 nitrogen and oxygen atoms in total. The van der Waals surface area contributed by atoms with E-state index in [9.17, 15) is 9.59 Å².